The largest absolute Gasteiger partial charge is 0.352 e. The Balaban J connectivity index is 0.00000288. The molecule has 0 heterocycles. The summed E-state index contributed by atoms with van der Waals surface area (Å²) in [6.07, 6.45) is 0. The van der Waals surface area contributed by atoms with E-state index in [-0.39, 0.29) is 30.0 Å². The van der Waals surface area contributed by atoms with Gasteiger partial charge in [-0.1, -0.05) is 55.0 Å². The predicted molar refractivity (Wildman–Crippen MR) is 98.9 cm³/mol. The van der Waals surface area contributed by atoms with Crippen molar-refractivity contribution in [1.29, 1.82) is 0 Å². The van der Waals surface area contributed by atoms with Crippen LogP contribution in [0.5, 0.6) is 0 Å². The first-order valence-electron chi connectivity index (χ1n) is 7.71. The molecule has 0 spiro atoms. The summed E-state index contributed by atoms with van der Waals surface area (Å²) in [6, 6.07) is 14.2. The standard InChI is InChI=1S/C19H22N2O2.ClH/c1-13-7-9-15(10-8-13)18(22)16-5-3-4-6-17(16)19(23)21-12-14(2)11-20;/h3-10,14H,11-12,20H2,1-2H3,(H,21,23);1H. The summed E-state index contributed by atoms with van der Waals surface area (Å²) in [5.41, 5.74) is 8.02. The zero-order valence-corrected chi connectivity index (χ0v) is 14.7. The minimum atomic E-state index is -0.249. The van der Waals surface area contributed by atoms with Gasteiger partial charge in [-0.15, -0.1) is 12.4 Å². The van der Waals surface area contributed by atoms with Crippen LogP contribution in [0, 0.1) is 12.8 Å². The first kappa shape index (κ1) is 19.9. The van der Waals surface area contributed by atoms with Gasteiger partial charge in [-0.25, -0.2) is 0 Å². The lowest BCUT2D eigenvalue weighted by Crippen LogP contribution is -2.32. The Bertz CT molecular complexity index is 699. The molecule has 0 aliphatic heterocycles. The number of rotatable bonds is 6. The van der Waals surface area contributed by atoms with Gasteiger partial charge < -0.3 is 11.1 Å². The maximum Gasteiger partial charge on any atom is 0.252 e. The summed E-state index contributed by atoms with van der Waals surface area (Å²) < 4.78 is 0. The first-order chi connectivity index (χ1) is 11.0. The molecule has 0 aliphatic rings. The Morgan fingerprint density at radius 1 is 1.04 bits per heavy atom. The number of carbonyl (C=O) groups excluding carboxylic acids is 2. The average molecular weight is 347 g/mol. The predicted octanol–water partition coefficient (Wildman–Crippen LogP) is 2.97. The van der Waals surface area contributed by atoms with E-state index in [1.807, 2.05) is 26.0 Å². The van der Waals surface area contributed by atoms with E-state index in [1.165, 1.54) is 0 Å². The third-order valence-electron chi connectivity index (χ3n) is 3.74. The number of ketones is 1. The molecule has 0 saturated heterocycles. The highest BCUT2D eigenvalue weighted by Crippen LogP contribution is 2.15. The quantitative estimate of drug-likeness (QED) is 0.790. The van der Waals surface area contributed by atoms with Crippen molar-refractivity contribution in [3.8, 4) is 0 Å². The Morgan fingerprint density at radius 3 is 2.21 bits per heavy atom. The van der Waals surface area contributed by atoms with Gasteiger partial charge in [0.2, 0.25) is 0 Å². The average Bonchev–Trinajstić information content (AvgIpc) is 2.59. The number of amides is 1. The number of nitrogens with two attached hydrogens (primary N) is 1. The van der Waals surface area contributed by atoms with Gasteiger partial charge in [0.25, 0.3) is 5.91 Å². The van der Waals surface area contributed by atoms with E-state index in [9.17, 15) is 9.59 Å². The van der Waals surface area contributed by atoms with Gasteiger partial charge in [0.05, 0.1) is 5.56 Å². The molecular formula is C19H23ClN2O2. The van der Waals surface area contributed by atoms with E-state index in [0.29, 0.717) is 29.8 Å². The van der Waals surface area contributed by atoms with Crippen LogP contribution >= 0.6 is 12.4 Å². The molecule has 128 valence electrons. The second-order valence-electron chi connectivity index (χ2n) is 5.79. The Kier molecular flexibility index (Phi) is 7.62. The zero-order valence-electron chi connectivity index (χ0n) is 13.9. The van der Waals surface area contributed by atoms with Gasteiger partial charge in [0.15, 0.2) is 5.78 Å². The van der Waals surface area contributed by atoms with Crippen molar-refractivity contribution >= 4 is 24.1 Å². The summed E-state index contributed by atoms with van der Waals surface area (Å²) in [6.45, 7) is 4.92. The summed E-state index contributed by atoms with van der Waals surface area (Å²) in [5, 5.41) is 2.83. The van der Waals surface area contributed by atoms with Crippen LogP contribution in [0.15, 0.2) is 48.5 Å². The number of aryl methyl sites for hydroxylation is 1. The number of benzene rings is 2. The maximum atomic E-state index is 12.7. The smallest absolute Gasteiger partial charge is 0.252 e. The summed E-state index contributed by atoms with van der Waals surface area (Å²) in [7, 11) is 0. The van der Waals surface area contributed by atoms with Crippen molar-refractivity contribution in [2.45, 2.75) is 13.8 Å². The van der Waals surface area contributed by atoms with Crippen LogP contribution in [-0.2, 0) is 0 Å². The van der Waals surface area contributed by atoms with Crippen molar-refractivity contribution in [3.05, 3.63) is 70.8 Å². The highest BCUT2D eigenvalue weighted by molar-refractivity contribution is 6.15. The molecule has 4 nitrogen and oxygen atoms in total. The van der Waals surface area contributed by atoms with Gasteiger partial charge in [0.1, 0.15) is 0 Å². The summed E-state index contributed by atoms with van der Waals surface area (Å²) in [5.74, 6) is -0.206. The van der Waals surface area contributed by atoms with Crippen LogP contribution < -0.4 is 11.1 Å². The molecule has 2 aromatic carbocycles. The van der Waals surface area contributed by atoms with E-state index in [2.05, 4.69) is 5.32 Å². The van der Waals surface area contributed by atoms with Crippen molar-refractivity contribution in [1.82, 2.24) is 5.32 Å². The second-order valence-corrected chi connectivity index (χ2v) is 5.79. The molecule has 1 unspecified atom stereocenters. The van der Waals surface area contributed by atoms with Crippen LogP contribution in [0.25, 0.3) is 0 Å². The molecule has 3 N–H and O–H groups in total. The van der Waals surface area contributed by atoms with E-state index >= 15 is 0 Å². The fourth-order valence-electron chi connectivity index (χ4n) is 2.19. The number of carbonyl (C=O) groups is 2. The molecule has 0 aliphatic carbocycles. The molecule has 0 radical (unpaired) electrons. The molecular weight excluding hydrogens is 324 g/mol. The molecule has 0 aromatic heterocycles. The fraction of sp³-hybridized carbons (Fsp3) is 0.263. The number of hydrogen-bond acceptors (Lipinski definition) is 3. The van der Waals surface area contributed by atoms with Crippen LogP contribution in [0.1, 0.15) is 38.8 Å². The molecule has 1 amide bonds. The molecule has 24 heavy (non-hydrogen) atoms. The molecule has 2 aromatic rings. The van der Waals surface area contributed by atoms with Gasteiger partial charge in [-0.05, 0) is 25.5 Å². The lowest BCUT2D eigenvalue weighted by atomic mass is 9.97. The first-order valence-corrected chi connectivity index (χ1v) is 7.71. The minimum Gasteiger partial charge on any atom is -0.352 e. The van der Waals surface area contributed by atoms with Crippen molar-refractivity contribution in [2.24, 2.45) is 11.7 Å². The molecule has 5 heteroatoms. The Hall–Kier alpha value is -2.17. The van der Waals surface area contributed by atoms with E-state index in [4.69, 9.17) is 5.73 Å². The molecule has 0 bridgehead atoms. The van der Waals surface area contributed by atoms with Gasteiger partial charge in [-0.3, -0.25) is 9.59 Å². The van der Waals surface area contributed by atoms with E-state index in [0.717, 1.165) is 5.56 Å². The lowest BCUT2D eigenvalue weighted by molar-refractivity contribution is 0.0937. The highest BCUT2D eigenvalue weighted by Gasteiger charge is 2.18. The summed E-state index contributed by atoms with van der Waals surface area (Å²) in [4.78, 5) is 25.0. The lowest BCUT2D eigenvalue weighted by Gasteiger charge is -2.12. The number of hydrogen-bond donors (Lipinski definition) is 2. The van der Waals surface area contributed by atoms with E-state index in [1.54, 1.807) is 36.4 Å². The van der Waals surface area contributed by atoms with Gasteiger partial charge >= 0.3 is 0 Å². The minimum absolute atomic E-state index is 0. The number of halogens is 1. The third kappa shape index (κ3) is 4.91. The zero-order chi connectivity index (χ0) is 16.8. The monoisotopic (exact) mass is 346 g/mol. The van der Waals surface area contributed by atoms with Crippen LogP contribution in [0.2, 0.25) is 0 Å². The second kappa shape index (κ2) is 9.21. The number of nitrogens with one attached hydrogen (secondary N) is 1. The molecule has 0 fully saturated rings. The van der Waals surface area contributed by atoms with Crippen molar-refractivity contribution in [3.63, 3.8) is 0 Å². The van der Waals surface area contributed by atoms with Crippen LogP contribution in [0.3, 0.4) is 0 Å². The molecule has 1 atom stereocenters. The Labute approximate surface area is 148 Å². The van der Waals surface area contributed by atoms with Crippen LogP contribution in [0.4, 0.5) is 0 Å². The topological polar surface area (TPSA) is 72.2 Å². The van der Waals surface area contributed by atoms with Crippen molar-refractivity contribution < 1.29 is 9.59 Å². The van der Waals surface area contributed by atoms with Gasteiger partial charge in [0, 0.05) is 17.7 Å². The van der Waals surface area contributed by atoms with Crippen LogP contribution in [-0.4, -0.2) is 24.8 Å². The maximum absolute atomic E-state index is 12.7. The fourth-order valence-corrected chi connectivity index (χ4v) is 2.19. The SMILES string of the molecule is Cc1ccc(C(=O)c2ccccc2C(=O)NCC(C)CN)cc1.Cl. The third-order valence-corrected chi connectivity index (χ3v) is 3.74. The normalized spacial score (nSPS) is 11.3. The molecule has 2 rings (SSSR count). The molecule has 0 saturated carbocycles. The van der Waals surface area contributed by atoms with Gasteiger partial charge in [-0.2, -0.15) is 0 Å². The highest BCUT2D eigenvalue weighted by atomic mass is 35.5. The Morgan fingerprint density at radius 2 is 1.62 bits per heavy atom. The van der Waals surface area contributed by atoms with Crippen molar-refractivity contribution in [2.75, 3.05) is 13.1 Å². The van der Waals surface area contributed by atoms with E-state index < -0.39 is 0 Å². The summed E-state index contributed by atoms with van der Waals surface area (Å²) >= 11 is 0.